The van der Waals surface area contributed by atoms with Gasteiger partial charge in [0.05, 0.1) is 0 Å². The monoisotopic (exact) mass is 356 g/mol. The first-order valence-electron chi connectivity index (χ1n) is 9.18. The third-order valence-corrected chi connectivity index (χ3v) is 5.99. The summed E-state index contributed by atoms with van der Waals surface area (Å²) in [6.45, 7) is 2.10. The number of nitrogens with one attached hydrogen (secondary N) is 1. The SMILES string of the molecule is NCCOc1ccc2c(c1)C(C1(c3cccc(Cl)c3)CCC1)NCC2. The van der Waals surface area contributed by atoms with Crippen molar-refractivity contribution in [2.45, 2.75) is 37.1 Å². The van der Waals surface area contributed by atoms with Gasteiger partial charge in [0.15, 0.2) is 0 Å². The number of ether oxygens (including phenoxy) is 1. The average molecular weight is 357 g/mol. The van der Waals surface area contributed by atoms with Crippen LogP contribution in [0.1, 0.15) is 42.0 Å². The van der Waals surface area contributed by atoms with Gasteiger partial charge in [-0.15, -0.1) is 0 Å². The predicted molar refractivity (Wildman–Crippen MR) is 102 cm³/mol. The summed E-state index contributed by atoms with van der Waals surface area (Å²) in [5.74, 6) is 0.915. The molecule has 2 aliphatic rings. The summed E-state index contributed by atoms with van der Waals surface area (Å²) >= 11 is 6.30. The molecule has 0 aromatic heterocycles. The van der Waals surface area contributed by atoms with E-state index in [2.05, 4.69) is 41.7 Å². The van der Waals surface area contributed by atoms with Crippen molar-refractivity contribution in [3.05, 3.63) is 64.2 Å². The second-order valence-electron chi connectivity index (χ2n) is 7.15. The Kier molecular flexibility index (Phi) is 4.72. The van der Waals surface area contributed by atoms with Gasteiger partial charge < -0.3 is 15.8 Å². The Morgan fingerprint density at radius 3 is 2.80 bits per heavy atom. The molecular weight excluding hydrogens is 332 g/mol. The normalized spacial score (nSPS) is 21.3. The van der Waals surface area contributed by atoms with E-state index in [-0.39, 0.29) is 5.41 Å². The molecule has 4 rings (SSSR count). The minimum atomic E-state index is 0.132. The van der Waals surface area contributed by atoms with Crippen molar-refractivity contribution >= 4 is 11.6 Å². The van der Waals surface area contributed by atoms with Gasteiger partial charge in [-0.05, 0) is 66.8 Å². The van der Waals surface area contributed by atoms with Crippen LogP contribution in [-0.2, 0) is 11.8 Å². The van der Waals surface area contributed by atoms with Gasteiger partial charge in [-0.1, -0.05) is 36.2 Å². The largest absolute Gasteiger partial charge is 0.492 e. The van der Waals surface area contributed by atoms with Crippen molar-refractivity contribution in [1.29, 1.82) is 0 Å². The molecule has 3 nitrogen and oxygen atoms in total. The Hall–Kier alpha value is -1.55. The van der Waals surface area contributed by atoms with Crippen LogP contribution in [-0.4, -0.2) is 19.7 Å². The fraction of sp³-hybridized carbons (Fsp3) is 0.429. The molecule has 1 atom stereocenters. The minimum absolute atomic E-state index is 0.132. The quantitative estimate of drug-likeness (QED) is 0.851. The lowest BCUT2D eigenvalue weighted by atomic mass is 9.58. The maximum Gasteiger partial charge on any atom is 0.119 e. The van der Waals surface area contributed by atoms with Crippen molar-refractivity contribution in [3.8, 4) is 5.75 Å². The van der Waals surface area contributed by atoms with Crippen molar-refractivity contribution in [2.24, 2.45) is 5.73 Å². The second kappa shape index (κ2) is 6.99. The van der Waals surface area contributed by atoms with Gasteiger partial charge in [0, 0.05) is 23.0 Å². The molecule has 25 heavy (non-hydrogen) atoms. The van der Waals surface area contributed by atoms with Gasteiger partial charge in [0.1, 0.15) is 12.4 Å². The summed E-state index contributed by atoms with van der Waals surface area (Å²) in [6, 6.07) is 15.2. The minimum Gasteiger partial charge on any atom is -0.492 e. The lowest BCUT2D eigenvalue weighted by Gasteiger charge is -2.50. The lowest BCUT2D eigenvalue weighted by molar-refractivity contribution is 0.164. The van der Waals surface area contributed by atoms with Crippen LogP contribution in [0, 0.1) is 0 Å². The standard InChI is InChI=1S/C21H25ClN2O/c22-17-4-1-3-16(13-17)21(8-2-9-21)20-19-14-18(25-12-10-23)6-5-15(19)7-11-24-20/h1,3-6,13-14,20,24H,2,7-12,23H2. The fourth-order valence-corrected chi connectivity index (χ4v) is 4.58. The molecule has 1 saturated carbocycles. The van der Waals surface area contributed by atoms with E-state index >= 15 is 0 Å². The molecule has 1 heterocycles. The summed E-state index contributed by atoms with van der Waals surface area (Å²) < 4.78 is 5.78. The van der Waals surface area contributed by atoms with Crippen LogP contribution in [0.5, 0.6) is 5.75 Å². The maximum absolute atomic E-state index is 6.30. The summed E-state index contributed by atoms with van der Waals surface area (Å²) in [6.07, 6.45) is 4.72. The van der Waals surface area contributed by atoms with E-state index in [1.165, 1.54) is 36.0 Å². The summed E-state index contributed by atoms with van der Waals surface area (Å²) in [5, 5.41) is 4.62. The highest BCUT2D eigenvalue weighted by Crippen LogP contribution is 2.54. The molecule has 1 fully saturated rings. The van der Waals surface area contributed by atoms with Crippen molar-refractivity contribution in [3.63, 3.8) is 0 Å². The number of halogens is 1. The number of benzene rings is 2. The molecule has 0 saturated heterocycles. The van der Waals surface area contributed by atoms with E-state index in [4.69, 9.17) is 22.1 Å². The van der Waals surface area contributed by atoms with E-state index in [1.54, 1.807) is 0 Å². The molecule has 1 aliphatic carbocycles. The molecule has 0 amide bonds. The van der Waals surface area contributed by atoms with Gasteiger partial charge in [-0.25, -0.2) is 0 Å². The Morgan fingerprint density at radius 1 is 1.20 bits per heavy atom. The number of hydrogen-bond acceptors (Lipinski definition) is 3. The Balaban J connectivity index is 1.73. The number of fused-ring (bicyclic) bond motifs is 1. The topological polar surface area (TPSA) is 47.3 Å². The Morgan fingerprint density at radius 2 is 2.08 bits per heavy atom. The van der Waals surface area contributed by atoms with E-state index in [1.807, 2.05) is 6.07 Å². The van der Waals surface area contributed by atoms with Crippen LogP contribution in [0.25, 0.3) is 0 Å². The van der Waals surface area contributed by atoms with Crippen LogP contribution >= 0.6 is 11.6 Å². The van der Waals surface area contributed by atoms with Gasteiger partial charge >= 0.3 is 0 Å². The molecule has 0 spiro atoms. The molecule has 3 N–H and O–H groups in total. The molecule has 1 unspecified atom stereocenters. The van der Waals surface area contributed by atoms with E-state index in [0.29, 0.717) is 19.2 Å². The van der Waals surface area contributed by atoms with E-state index in [0.717, 1.165) is 23.7 Å². The van der Waals surface area contributed by atoms with Crippen molar-refractivity contribution in [2.75, 3.05) is 19.7 Å². The molecule has 2 aromatic carbocycles. The van der Waals surface area contributed by atoms with Crippen molar-refractivity contribution < 1.29 is 4.74 Å². The predicted octanol–water partition coefficient (Wildman–Crippen LogP) is 3.99. The van der Waals surface area contributed by atoms with Gasteiger partial charge in [-0.3, -0.25) is 0 Å². The molecule has 4 heteroatoms. The zero-order valence-corrected chi connectivity index (χ0v) is 15.2. The van der Waals surface area contributed by atoms with Crippen LogP contribution in [0.3, 0.4) is 0 Å². The highest BCUT2D eigenvalue weighted by Gasteiger charge is 2.47. The van der Waals surface area contributed by atoms with Crippen LogP contribution in [0.15, 0.2) is 42.5 Å². The summed E-state index contributed by atoms with van der Waals surface area (Å²) in [4.78, 5) is 0. The second-order valence-corrected chi connectivity index (χ2v) is 7.59. The average Bonchev–Trinajstić information content (AvgIpc) is 2.59. The van der Waals surface area contributed by atoms with Crippen LogP contribution in [0.4, 0.5) is 0 Å². The third kappa shape index (κ3) is 3.05. The molecular formula is C21H25ClN2O. The number of hydrogen-bond donors (Lipinski definition) is 2. The maximum atomic E-state index is 6.30. The van der Waals surface area contributed by atoms with E-state index < -0.39 is 0 Å². The van der Waals surface area contributed by atoms with Gasteiger partial charge in [0.2, 0.25) is 0 Å². The molecule has 2 aromatic rings. The highest BCUT2D eigenvalue weighted by molar-refractivity contribution is 6.30. The molecule has 132 valence electrons. The van der Waals surface area contributed by atoms with Crippen LogP contribution < -0.4 is 15.8 Å². The first-order chi connectivity index (χ1) is 12.2. The van der Waals surface area contributed by atoms with Gasteiger partial charge in [0.25, 0.3) is 0 Å². The van der Waals surface area contributed by atoms with E-state index in [9.17, 15) is 0 Å². The Bertz CT molecular complexity index is 757. The Labute approximate surface area is 154 Å². The summed E-state index contributed by atoms with van der Waals surface area (Å²) in [5.41, 5.74) is 9.87. The number of rotatable bonds is 5. The lowest BCUT2D eigenvalue weighted by Crippen LogP contribution is -2.49. The highest BCUT2D eigenvalue weighted by atomic mass is 35.5. The molecule has 0 bridgehead atoms. The van der Waals surface area contributed by atoms with Crippen molar-refractivity contribution in [1.82, 2.24) is 5.32 Å². The first kappa shape index (κ1) is 16.9. The fourth-order valence-electron chi connectivity index (χ4n) is 4.39. The zero-order valence-electron chi connectivity index (χ0n) is 14.4. The third-order valence-electron chi connectivity index (χ3n) is 5.76. The molecule has 1 aliphatic heterocycles. The van der Waals surface area contributed by atoms with Gasteiger partial charge in [-0.2, -0.15) is 0 Å². The molecule has 0 radical (unpaired) electrons. The summed E-state index contributed by atoms with van der Waals surface area (Å²) in [7, 11) is 0. The first-order valence-corrected chi connectivity index (χ1v) is 9.56. The number of nitrogens with two attached hydrogens (primary N) is 1. The zero-order chi connectivity index (χ0) is 17.3. The van der Waals surface area contributed by atoms with Crippen LogP contribution in [0.2, 0.25) is 5.02 Å². The smallest absolute Gasteiger partial charge is 0.119 e.